The zero-order valence-corrected chi connectivity index (χ0v) is 13.7. The largest absolute Gasteiger partial charge is 0.352 e. The van der Waals surface area contributed by atoms with E-state index in [1.807, 2.05) is 0 Å². The Morgan fingerprint density at radius 3 is 2.57 bits per heavy atom. The van der Waals surface area contributed by atoms with E-state index in [4.69, 9.17) is 23.2 Å². The normalized spacial score (nSPS) is 15.9. The second-order valence-corrected chi connectivity index (χ2v) is 6.31. The van der Waals surface area contributed by atoms with Crippen molar-refractivity contribution >= 4 is 29.1 Å². The smallest absolute Gasteiger partial charge is 0.251 e. The van der Waals surface area contributed by atoms with Crippen molar-refractivity contribution < 1.29 is 4.79 Å². The minimum atomic E-state index is -0.0912. The summed E-state index contributed by atoms with van der Waals surface area (Å²) in [6, 6.07) is 4.94. The van der Waals surface area contributed by atoms with E-state index in [0.717, 1.165) is 19.4 Å². The van der Waals surface area contributed by atoms with E-state index in [0.29, 0.717) is 22.2 Å². The SMILES string of the molecule is O=C(NCCCCN1CCCCC1)c1ccc(Cl)c(Cl)c1. The number of hydrogen-bond acceptors (Lipinski definition) is 2. The number of nitrogens with one attached hydrogen (secondary N) is 1. The van der Waals surface area contributed by atoms with E-state index in [1.165, 1.54) is 32.4 Å². The molecule has 1 heterocycles. The molecule has 1 aromatic carbocycles. The molecule has 1 amide bonds. The van der Waals surface area contributed by atoms with Gasteiger partial charge in [0.2, 0.25) is 0 Å². The van der Waals surface area contributed by atoms with Gasteiger partial charge in [0.15, 0.2) is 0 Å². The van der Waals surface area contributed by atoms with Crippen molar-refractivity contribution in [2.24, 2.45) is 0 Å². The molecule has 0 unspecified atom stereocenters. The minimum absolute atomic E-state index is 0.0912. The topological polar surface area (TPSA) is 32.3 Å². The molecule has 0 saturated carbocycles. The molecule has 2 rings (SSSR count). The van der Waals surface area contributed by atoms with Crippen LogP contribution >= 0.6 is 23.2 Å². The lowest BCUT2D eigenvalue weighted by Crippen LogP contribution is -2.31. The molecule has 3 nitrogen and oxygen atoms in total. The van der Waals surface area contributed by atoms with Gasteiger partial charge in [-0.2, -0.15) is 0 Å². The van der Waals surface area contributed by atoms with Gasteiger partial charge in [-0.15, -0.1) is 0 Å². The molecule has 5 heteroatoms. The predicted octanol–water partition coefficient (Wildman–Crippen LogP) is 3.99. The summed E-state index contributed by atoms with van der Waals surface area (Å²) in [6.07, 6.45) is 6.16. The van der Waals surface area contributed by atoms with Crippen molar-refractivity contribution in [3.05, 3.63) is 33.8 Å². The van der Waals surface area contributed by atoms with Crippen LogP contribution in [-0.4, -0.2) is 37.0 Å². The van der Waals surface area contributed by atoms with Crippen LogP contribution in [0.3, 0.4) is 0 Å². The first kappa shape index (κ1) is 16.6. The van der Waals surface area contributed by atoms with E-state index in [9.17, 15) is 4.79 Å². The van der Waals surface area contributed by atoms with Crippen LogP contribution in [0, 0.1) is 0 Å². The van der Waals surface area contributed by atoms with E-state index in [1.54, 1.807) is 18.2 Å². The van der Waals surface area contributed by atoms with Gasteiger partial charge in [0.05, 0.1) is 10.0 Å². The Balaban J connectivity index is 1.63. The van der Waals surface area contributed by atoms with E-state index >= 15 is 0 Å². The third kappa shape index (κ3) is 5.50. The van der Waals surface area contributed by atoms with Crippen LogP contribution in [0.2, 0.25) is 10.0 Å². The first-order valence-electron chi connectivity index (χ1n) is 7.62. The molecule has 0 aromatic heterocycles. The number of rotatable bonds is 6. The molecule has 0 radical (unpaired) electrons. The average molecular weight is 329 g/mol. The number of likely N-dealkylation sites (tertiary alicyclic amines) is 1. The number of hydrogen-bond donors (Lipinski definition) is 1. The molecule has 0 spiro atoms. The quantitative estimate of drug-likeness (QED) is 0.801. The van der Waals surface area contributed by atoms with Crippen molar-refractivity contribution in [2.75, 3.05) is 26.2 Å². The number of nitrogens with zero attached hydrogens (tertiary/aromatic N) is 1. The van der Waals surface area contributed by atoms with Crippen molar-refractivity contribution in [3.63, 3.8) is 0 Å². The molecular formula is C16H22Cl2N2O. The van der Waals surface area contributed by atoms with Crippen molar-refractivity contribution in [1.82, 2.24) is 10.2 Å². The van der Waals surface area contributed by atoms with Crippen LogP contribution in [0.4, 0.5) is 0 Å². The van der Waals surface area contributed by atoms with Crippen LogP contribution in [0.25, 0.3) is 0 Å². The van der Waals surface area contributed by atoms with Crippen LogP contribution in [0.15, 0.2) is 18.2 Å². The van der Waals surface area contributed by atoms with E-state index in [2.05, 4.69) is 10.2 Å². The second-order valence-electron chi connectivity index (χ2n) is 5.49. The summed E-state index contributed by atoms with van der Waals surface area (Å²) in [4.78, 5) is 14.5. The highest BCUT2D eigenvalue weighted by Crippen LogP contribution is 2.22. The third-order valence-electron chi connectivity index (χ3n) is 3.82. The lowest BCUT2D eigenvalue weighted by Gasteiger charge is -2.26. The van der Waals surface area contributed by atoms with E-state index < -0.39 is 0 Å². The number of unbranched alkanes of at least 4 members (excludes halogenated alkanes) is 1. The highest BCUT2D eigenvalue weighted by Gasteiger charge is 2.10. The maximum atomic E-state index is 11.9. The Morgan fingerprint density at radius 1 is 1.10 bits per heavy atom. The molecule has 0 aliphatic carbocycles. The van der Waals surface area contributed by atoms with Gasteiger partial charge < -0.3 is 10.2 Å². The highest BCUT2D eigenvalue weighted by atomic mass is 35.5. The molecule has 1 saturated heterocycles. The average Bonchev–Trinajstić information content (AvgIpc) is 2.50. The van der Waals surface area contributed by atoms with Crippen molar-refractivity contribution in [3.8, 4) is 0 Å². The molecule has 0 bridgehead atoms. The fourth-order valence-corrected chi connectivity index (χ4v) is 2.88. The lowest BCUT2D eigenvalue weighted by molar-refractivity contribution is 0.0952. The fraction of sp³-hybridized carbons (Fsp3) is 0.562. The van der Waals surface area contributed by atoms with Gasteiger partial charge in [-0.3, -0.25) is 4.79 Å². The standard InChI is InChI=1S/C16H22Cl2N2O/c17-14-7-6-13(12-15(14)18)16(21)19-8-2-5-11-20-9-3-1-4-10-20/h6-7,12H,1-5,8-11H2,(H,19,21). The Labute approximate surface area is 136 Å². The number of carbonyl (C=O) groups excluding carboxylic acids is 1. The Morgan fingerprint density at radius 2 is 1.86 bits per heavy atom. The minimum Gasteiger partial charge on any atom is -0.352 e. The zero-order chi connectivity index (χ0) is 15.1. The third-order valence-corrected chi connectivity index (χ3v) is 4.56. The van der Waals surface area contributed by atoms with Gasteiger partial charge in [-0.25, -0.2) is 0 Å². The molecule has 0 atom stereocenters. The molecule has 116 valence electrons. The Hall–Kier alpha value is -0.770. The van der Waals surface area contributed by atoms with Crippen LogP contribution in [-0.2, 0) is 0 Å². The Bertz CT molecular complexity index is 473. The van der Waals surface area contributed by atoms with Gasteiger partial charge in [0.1, 0.15) is 0 Å². The summed E-state index contributed by atoms with van der Waals surface area (Å²) >= 11 is 11.7. The monoisotopic (exact) mass is 328 g/mol. The number of amides is 1. The number of halogens is 2. The number of carbonyl (C=O) groups is 1. The van der Waals surface area contributed by atoms with Gasteiger partial charge in [-0.05, 0) is 63.5 Å². The molecule has 21 heavy (non-hydrogen) atoms. The lowest BCUT2D eigenvalue weighted by atomic mass is 10.1. The van der Waals surface area contributed by atoms with Crippen LogP contribution in [0.1, 0.15) is 42.5 Å². The summed E-state index contributed by atoms with van der Waals surface area (Å²) < 4.78 is 0. The summed E-state index contributed by atoms with van der Waals surface area (Å²) in [5.41, 5.74) is 0.556. The Kier molecular flexibility index (Phi) is 6.81. The molecule has 1 fully saturated rings. The summed E-state index contributed by atoms with van der Waals surface area (Å²) in [5.74, 6) is -0.0912. The van der Waals surface area contributed by atoms with E-state index in [-0.39, 0.29) is 5.91 Å². The molecule has 1 N–H and O–H groups in total. The molecular weight excluding hydrogens is 307 g/mol. The second kappa shape index (κ2) is 8.62. The summed E-state index contributed by atoms with van der Waals surface area (Å²) in [5, 5.41) is 3.80. The van der Waals surface area contributed by atoms with Gasteiger partial charge in [-0.1, -0.05) is 29.6 Å². The van der Waals surface area contributed by atoms with Gasteiger partial charge in [0, 0.05) is 12.1 Å². The number of piperidine rings is 1. The maximum Gasteiger partial charge on any atom is 0.251 e. The predicted molar refractivity (Wildman–Crippen MR) is 88.3 cm³/mol. The van der Waals surface area contributed by atoms with Gasteiger partial charge in [0.25, 0.3) is 5.91 Å². The molecule has 1 aliphatic heterocycles. The van der Waals surface area contributed by atoms with Crippen molar-refractivity contribution in [2.45, 2.75) is 32.1 Å². The first-order valence-corrected chi connectivity index (χ1v) is 8.38. The zero-order valence-electron chi connectivity index (χ0n) is 12.2. The van der Waals surface area contributed by atoms with Crippen LogP contribution < -0.4 is 5.32 Å². The molecule has 1 aliphatic rings. The summed E-state index contributed by atoms with van der Waals surface area (Å²) in [6.45, 7) is 4.31. The van der Waals surface area contributed by atoms with Gasteiger partial charge >= 0.3 is 0 Å². The maximum absolute atomic E-state index is 11.9. The highest BCUT2D eigenvalue weighted by molar-refractivity contribution is 6.42. The first-order chi connectivity index (χ1) is 10.2. The summed E-state index contributed by atoms with van der Waals surface area (Å²) in [7, 11) is 0. The fourth-order valence-electron chi connectivity index (χ4n) is 2.58. The van der Waals surface area contributed by atoms with Crippen molar-refractivity contribution in [1.29, 1.82) is 0 Å². The van der Waals surface area contributed by atoms with Crippen LogP contribution in [0.5, 0.6) is 0 Å². The number of benzene rings is 1. The molecule has 1 aromatic rings.